The summed E-state index contributed by atoms with van der Waals surface area (Å²) in [5.74, 6) is 1.43. The normalized spacial score (nSPS) is 12.6. The lowest BCUT2D eigenvalue weighted by Crippen LogP contribution is -2.16. The van der Waals surface area contributed by atoms with Crippen LogP contribution in [0.5, 0.6) is 0 Å². The third-order valence-corrected chi connectivity index (χ3v) is 2.91. The molecule has 1 unspecified atom stereocenters. The molecule has 0 radical (unpaired) electrons. The Labute approximate surface area is 107 Å². The third kappa shape index (κ3) is 2.69. The molecule has 18 heavy (non-hydrogen) atoms. The number of aromatic nitrogens is 4. The van der Waals surface area contributed by atoms with Gasteiger partial charge in [-0.15, -0.1) is 0 Å². The van der Waals surface area contributed by atoms with Gasteiger partial charge in [0.05, 0.1) is 11.6 Å². The van der Waals surface area contributed by atoms with Crippen LogP contribution >= 0.6 is 0 Å². The Balaban J connectivity index is 2.22. The molecule has 0 saturated carbocycles. The minimum Gasteiger partial charge on any atom is -0.367 e. The Bertz CT molecular complexity index is 506. The number of rotatable bonds is 6. The molecule has 0 aromatic carbocycles. The van der Waals surface area contributed by atoms with Crippen molar-refractivity contribution in [2.24, 2.45) is 0 Å². The van der Waals surface area contributed by atoms with E-state index < -0.39 is 0 Å². The second kappa shape index (κ2) is 5.66. The van der Waals surface area contributed by atoms with Gasteiger partial charge in [-0.05, 0) is 13.3 Å². The SMILES string of the molecule is CCCCC(C)Nc1nc(NC)nc2[nH]ncc12. The Morgan fingerprint density at radius 3 is 2.94 bits per heavy atom. The second-order valence-electron chi connectivity index (χ2n) is 4.47. The van der Waals surface area contributed by atoms with Crippen LogP contribution in [0.4, 0.5) is 11.8 Å². The van der Waals surface area contributed by atoms with Crippen LogP contribution in [0.15, 0.2) is 6.20 Å². The summed E-state index contributed by atoms with van der Waals surface area (Å²) in [6.07, 6.45) is 5.31. The van der Waals surface area contributed by atoms with E-state index in [-0.39, 0.29) is 0 Å². The lowest BCUT2D eigenvalue weighted by molar-refractivity contribution is 0.644. The van der Waals surface area contributed by atoms with Gasteiger partial charge in [-0.3, -0.25) is 5.10 Å². The topological polar surface area (TPSA) is 78.5 Å². The molecule has 0 amide bonds. The summed E-state index contributed by atoms with van der Waals surface area (Å²) in [5.41, 5.74) is 0.750. The van der Waals surface area contributed by atoms with Crippen molar-refractivity contribution in [2.45, 2.75) is 39.2 Å². The molecule has 0 saturated heterocycles. The fourth-order valence-corrected chi connectivity index (χ4v) is 1.87. The largest absolute Gasteiger partial charge is 0.367 e. The summed E-state index contributed by atoms with van der Waals surface area (Å²) in [6, 6.07) is 0.391. The zero-order valence-corrected chi connectivity index (χ0v) is 11.1. The maximum atomic E-state index is 4.45. The van der Waals surface area contributed by atoms with Crippen LogP contribution in [-0.2, 0) is 0 Å². The smallest absolute Gasteiger partial charge is 0.226 e. The van der Waals surface area contributed by atoms with E-state index in [1.807, 2.05) is 7.05 Å². The van der Waals surface area contributed by atoms with Gasteiger partial charge in [-0.1, -0.05) is 19.8 Å². The van der Waals surface area contributed by atoms with Gasteiger partial charge in [-0.25, -0.2) is 0 Å². The second-order valence-corrected chi connectivity index (χ2v) is 4.47. The van der Waals surface area contributed by atoms with Gasteiger partial charge in [0.15, 0.2) is 5.65 Å². The first kappa shape index (κ1) is 12.6. The number of nitrogens with one attached hydrogen (secondary N) is 3. The molecule has 6 nitrogen and oxygen atoms in total. The van der Waals surface area contributed by atoms with E-state index in [9.17, 15) is 0 Å². The average Bonchev–Trinajstić information content (AvgIpc) is 2.84. The zero-order valence-electron chi connectivity index (χ0n) is 11.1. The minimum atomic E-state index is 0.391. The Hall–Kier alpha value is -1.85. The van der Waals surface area contributed by atoms with Gasteiger partial charge in [0.1, 0.15) is 5.82 Å². The summed E-state index contributed by atoms with van der Waals surface area (Å²) in [6.45, 7) is 4.37. The third-order valence-electron chi connectivity index (χ3n) is 2.91. The van der Waals surface area contributed by atoms with Crippen LogP contribution in [0.3, 0.4) is 0 Å². The van der Waals surface area contributed by atoms with Crippen molar-refractivity contribution in [1.29, 1.82) is 0 Å². The predicted octanol–water partition coefficient (Wildman–Crippen LogP) is 2.39. The summed E-state index contributed by atoms with van der Waals surface area (Å²) in [7, 11) is 1.81. The zero-order chi connectivity index (χ0) is 13.0. The number of nitrogens with zero attached hydrogens (tertiary/aromatic N) is 3. The fraction of sp³-hybridized carbons (Fsp3) is 0.583. The Kier molecular flexibility index (Phi) is 3.96. The van der Waals surface area contributed by atoms with Crippen molar-refractivity contribution in [3.63, 3.8) is 0 Å². The molecule has 1 atom stereocenters. The molecule has 98 valence electrons. The summed E-state index contributed by atoms with van der Waals surface area (Å²) in [5, 5.41) is 14.2. The van der Waals surface area contributed by atoms with Crippen LogP contribution in [0.2, 0.25) is 0 Å². The van der Waals surface area contributed by atoms with Gasteiger partial charge in [0, 0.05) is 13.1 Å². The quantitative estimate of drug-likeness (QED) is 0.731. The van der Waals surface area contributed by atoms with Crippen LogP contribution < -0.4 is 10.6 Å². The van der Waals surface area contributed by atoms with E-state index in [0.717, 1.165) is 23.3 Å². The highest BCUT2D eigenvalue weighted by molar-refractivity contribution is 5.87. The van der Waals surface area contributed by atoms with E-state index in [1.54, 1.807) is 6.20 Å². The summed E-state index contributed by atoms with van der Waals surface area (Å²) >= 11 is 0. The first-order valence-corrected chi connectivity index (χ1v) is 6.40. The number of fused-ring (bicyclic) bond motifs is 1. The number of unbranched alkanes of at least 4 members (excludes halogenated alkanes) is 1. The molecule has 0 spiro atoms. The van der Waals surface area contributed by atoms with E-state index in [2.05, 4.69) is 44.6 Å². The van der Waals surface area contributed by atoms with Crippen molar-refractivity contribution >= 4 is 22.8 Å². The van der Waals surface area contributed by atoms with Crippen LogP contribution in [0.1, 0.15) is 33.1 Å². The number of H-pyrrole nitrogens is 1. The lowest BCUT2D eigenvalue weighted by Gasteiger charge is -2.15. The maximum Gasteiger partial charge on any atom is 0.226 e. The first-order chi connectivity index (χ1) is 8.74. The number of anilines is 2. The van der Waals surface area contributed by atoms with E-state index >= 15 is 0 Å². The molecule has 2 rings (SSSR count). The predicted molar refractivity (Wildman–Crippen MR) is 73.8 cm³/mol. The van der Waals surface area contributed by atoms with Gasteiger partial charge >= 0.3 is 0 Å². The van der Waals surface area contributed by atoms with Gasteiger partial charge in [0.2, 0.25) is 5.95 Å². The standard InChI is InChI=1S/C12H20N6/c1-4-5-6-8(2)15-10-9-7-14-18-11(9)17-12(13-3)16-10/h7-8H,4-6H2,1-3H3,(H3,13,14,15,16,17,18). The molecule has 2 aromatic rings. The van der Waals surface area contributed by atoms with E-state index in [0.29, 0.717) is 12.0 Å². The molecule has 6 heteroatoms. The molecule has 0 aliphatic rings. The van der Waals surface area contributed by atoms with Crippen LogP contribution in [0, 0.1) is 0 Å². The van der Waals surface area contributed by atoms with Gasteiger partial charge in [0.25, 0.3) is 0 Å². The van der Waals surface area contributed by atoms with Crippen LogP contribution in [0.25, 0.3) is 11.0 Å². The van der Waals surface area contributed by atoms with Crippen LogP contribution in [-0.4, -0.2) is 33.3 Å². The molecule has 0 aliphatic carbocycles. The van der Waals surface area contributed by atoms with Gasteiger partial charge in [-0.2, -0.15) is 15.1 Å². The molecule has 0 fully saturated rings. The fourth-order valence-electron chi connectivity index (χ4n) is 1.87. The highest BCUT2D eigenvalue weighted by Crippen LogP contribution is 2.21. The molecule has 3 N–H and O–H groups in total. The van der Waals surface area contributed by atoms with Gasteiger partial charge < -0.3 is 10.6 Å². The number of aromatic amines is 1. The molecule has 2 heterocycles. The first-order valence-electron chi connectivity index (χ1n) is 6.40. The van der Waals surface area contributed by atoms with E-state index in [1.165, 1.54) is 12.8 Å². The van der Waals surface area contributed by atoms with Crippen molar-refractivity contribution in [1.82, 2.24) is 20.2 Å². The van der Waals surface area contributed by atoms with Crippen molar-refractivity contribution in [2.75, 3.05) is 17.7 Å². The van der Waals surface area contributed by atoms with E-state index in [4.69, 9.17) is 0 Å². The maximum absolute atomic E-state index is 4.45. The summed E-state index contributed by atoms with van der Waals surface area (Å²) < 4.78 is 0. The molecular weight excluding hydrogens is 228 g/mol. The number of hydrogen-bond acceptors (Lipinski definition) is 5. The molecule has 0 aliphatic heterocycles. The Morgan fingerprint density at radius 1 is 1.39 bits per heavy atom. The Morgan fingerprint density at radius 2 is 2.22 bits per heavy atom. The highest BCUT2D eigenvalue weighted by atomic mass is 15.2. The van der Waals surface area contributed by atoms with Crippen molar-refractivity contribution in [3.05, 3.63) is 6.20 Å². The van der Waals surface area contributed by atoms with Crippen molar-refractivity contribution < 1.29 is 0 Å². The average molecular weight is 248 g/mol. The molecule has 2 aromatic heterocycles. The molecular formula is C12H20N6. The van der Waals surface area contributed by atoms with Crippen molar-refractivity contribution in [3.8, 4) is 0 Å². The monoisotopic (exact) mass is 248 g/mol. The minimum absolute atomic E-state index is 0.391. The highest BCUT2D eigenvalue weighted by Gasteiger charge is 2.10. The number of hydrogen-bond donors (Lipinski definition) is 3. The lowest BCUT2D eigenvalue weighted by atomic mass is 10.1. The molecule has 0 bridgehead atoms. The summed E-state index contributed by atoms with van der Waals surface area (Å²) in [4.78, 5) is 8.75.